The van der Waals surface area contributed by atoms with Gasteiger partial charge < -0.3 is 0 Å². The van der Waals surface area contributed by atoms with Crippen molar-refractivity contribution in [3.05, 3.63) is 96.9 Å². The van der Waals surface area contributed by atoms with E-state index in [0.29, 0.717) is 11.5 Å². The van der Waals surface area contributed by atoms with Gasteiger partial charge in [-0.05, 0) is 0 Å². The number of halogens is 2. The minimum absolute atomic E-state index is 0.0753. The van der Waals surface area contributed by atoms with Crippen LogP contribution in [0, 0.1) is 17.6 Å². The van der Waals surface area contributed by atoms with Crippen LogP contribution >= 0.6 is 0 Å². The van der Waals surface area contributed by atoms with E-state index in [9.17, 15) is 4.39 Å². The molecule has 2 aliphatic carbocycles. The van der Waals surface area contributed by atoms with Crippen LogP contribution in [0.15, 0.2) is 68.5 Å². The number of fused-ring (bicyclic) bond motifs is 1. The van der Waals surface area contributed by atoms with Crippen LogP contribution in [-0.2, 0) is 17.4 Å². The maximum atomic E-state index is 15.2. The molecule has 0 nitrogen and oxygen atoms in total. The molecule has 2 aliphatic rings. The molecule has 0 amide bonds. The van der Waals surface area contributed by atoms with E-state index in [2.05, 4.69) is 49.9 Å². The van der Waals surface area contributed by atoms with E-state index in [0.717, 1.165) is 22.8 Å². The Labute approximate surface area is 181 Å². The first-order chi connectivity index (χ1) is 13.9. The van der Waals surface area contributed by atoms with Gasteiger partial charge in [-0.1, -0.05) is 0 Å². The summed E-state index contributed by atoms with van der Waals surface area (Å²) in [6, 6.07) is 12.6. The predicted octanol–water partition coefficient (Wildman–Crippen LogP) is 7.05. The molecule has 2 atom stereocenters. The molecule has 0 aliphatic heterocycles. The van der Waals surface area contributed by atoms with Gasteiger partial charge in [0.15, 0.2) is 0 Å². The fourth-order valence-electron chi connectivity index (χ4n) is 5.95. The van der Waals surface area contributed by atoms with Crippen LogP contribution in [0.4, 0.5) is 8.78 Å². The van der Waals surface area contributed by atoms with Crippen molar-refractivity contribution in [1.82, 2.24) is 0 Å². The monoisotopic (exact) mass is 498 g/mol. The van der Waals surface area contributed by atoms with Gasteiger partial charge in [0.1, 0.15) is 0 Å². The molecule has 156 valence electrons. The summed E-state index contributed by atoms with van der Waals surface area (Å²) in [5, 5.41) is 0. The average Bonchev–Trinajstić information content (AvgIpc) is 3.15. The molecule has 4 rings (SSSR count). The van der Waals surface area contributed by atoms with Gasteiger partial charge in [-0.3, -0.25) is 0 Å². The molecule has 0 aromatic heterocycles. The summed E-state index contributed by atoms with van der Waals surface area (Å²) in [5.41, 5.74) is 7.58. The van der Waals surface area contributed by atoms with Crippen LogP contribution in [0.5, 0.6) is 0 Å². The van der Waals surface area contributed by atoms with Crippen molar-refractivity contribution in [1.29, 1.82) is 0 Å². The van der Waals surface area contributed by atoms with Crippen molar-refractivity contribution in [3.8, 4) is 0 Å². The zero-order chi connectivity index (χ0) is 22.0. The van der Waals surface area contributed by atoms with Gasteiger partial charge in [-0.2, -0.15) is 0 Å². The van der Waals surface area contributed by atoms with E-state index in [1.807, 2.05) is 30.3 Å². The number of hydrogen-bond donors (Lipinski definition) is 0. The Bertz CT molecular complexity index is 1230. The molecular formula is C26H30F2SiZr. The van der Waals surface area contributed by atoms with Crippen LogP contribution in [0.2, 0.25) is 9.26 Å². The summed E-state index contributed by atoms with van der Waals surface area (Å²) in [4.78, 5) is 0. The summed E-state index contributed by atoms with van der Waals surface area (Å²) < 4.78 is 36.2. The van der Waals surface area contributed by atoms with Crippen molar-refractivity contribution >= 4 is 12.5 Å². The number of hydrogen-bond acceptors (Lipinski definition) is 0. The topological polar surface area (TPSA) is 0 Å². The molecule has 2 aromatic rings. The standard InChI is InChI=1S/C15H9F2.C9H13.2CH3.H2Si.Zr/c16-12-8-11-6-7-13(15(11)14(17)9-12)10-4-2-1-3-5-10;1-6-5-7(2)9(4)8(6)3;;;;/h1-9H;6H,1-4H3;2*1H3;1H2;. The van der Waals surface area contributed by atoms with Gasteiger partial charge in [-0.25, -0.2) is 0 Å². The van der Waals surface area contributed by atoms with E-state index in [1.165, 1.54) is 16.7 Å². The Balaban J connectivity index is 2.00. The van der Waals surface area contributed by atoms with E-state index in [1.54, 1.807) is 9.35 Å². The van der Waals surface area contributed by atoms with Gasteiger partial charge in [0, 0.05) is 0 Å². The van der Waals surface area contributed by atoms with Gasteiger partial charge in [0.05, 0.1) is 0 Å². The molecule has 0 bridgehead atoms. The van der Waals surface area contributed by atoms with Crippen LogP contribution in [-0.4, -0.2) is 6.88 Å². The van der Waals surface area contributed by atoms with Crippen LogP contribution in [0.25, 0.3) is 5.57 Å². The molecule has 0 saturated heterocycles. The van der Waals surface area contributed by atoms with Gasteiger partial charge in [-0.15, -0.1) is 0 Å². The number of allylic oxidation sites excluding steroid dienone is 5. The van der Waals surface area contributed by atoms with E-state index < -0.39 is 29.0 Å². The van der Waals surface area contributed by atoms with Gasteiger partial charge in [0.25, 0.3) is 0 Å². The third kappa shape index (κ3) is 3.14. The quantitative estimate of drug-likeness (QED) is 0.397. The van der Waals surface area contributed by atoms with E-state index in [4.69, 9.17) is 0 Å². The van der Waals surface area contributed by atoms with E-state index in [-0.39, 0.29) is 3.63 Å². The van der Waals surface area contributed by atoms with Crippen LogP contribution in [0.1, 0.15) is 48.0 Å². The Morgan fingerprint density at radius 3 is 2.13 bits per heavy atom. The summed E-state index contributed by atoms with van der Waals surface area (Å²) in [6.07, 6.45) is 2.26. The molecule has 2 aromatic carbocycles. The number of rotatable bonds is 3. The zero-order valence-electron chi connectivity index (χ0n) is 18.7. The van der Waals surface area contributed by atoms with Crippen molar-refractivity contribution in [3.63, 3.8) is 0 Å². The Morgan fingerprint density at radius 2 is 1.57 bits per heavy atom. The summed E-state index contributed by atoms with van der Waals surface area (Å²) in [7, 11) is 0. The Morgan fingerprint density at radius 1 is 0.933 bits per heavy atom. The molecule has 2 unspecified atom stereocenters. The molecule has 4 heteroatoms. The normalized spacial score (nSPS) is 22.0. The summed E-state index contributed by atoms with van der Waals surface area (Å²) in [6.45, 7) is 11.2. The second-order valence-electron chi connectivity index (χ2n) is 10.2. The molecule has 0 radical (unpaired) electrons. The first-order valence-corrected chi connectivity index (χ1v) is 24.1. The predicted molar refractivity (Wildman–Crippen MR) is 123 cm³/mol. The fourth-order valence-corrected chi connectivity index (χ4v) is 24.4. The maximum absolute atomic E-state index is 15.2. The van der Waals surface area contributed by atoms with Crippen molar-refractivity contribution < 1.29 is 26.2 Å². The second-order valence-corrected chi connectivity index (χ2v) is 39.7. The third-order valence-electron chi connectivity index (χ3n) is 7.63. The summed E-state index contributed by atoms with van der Waals surface area (Å²) >= 11 is -3.68. The zero-order valence-corrected chi connectivity index (χ0v) is 22.6. The molecule has 30 heavy (non-hydrogen) atoms. The fraction of sp³-hybridized carbons (Fsp3) is 0.308. The van der Waals surface area contributed by atoms with Crippen molar-refractivity contribution in [2.75, 3.05) is 0 Å². The van der Waals surface area contributed by atoms with Crippen LogP contribution in [0.3, 0.4) is 0 Å². The number of benzene rings is 2. The summed E-state index contributed by atoms with van der Waals surface area (Å²) in [5.74, 6) is -0.532. The molecule has 0 saturated carbocycles. The molecule has 0 heterocycles. The SMILES string of the molecule is CC1=C(C)C(C)[C]([Zr]([CH3])([CH3])(=[SiH2])[CH]2C=C(c3ccccc3)c3c(F)cc(F)cc32)=C1C. The van der Waals surface area contributed by atoms with Gasteiger partial charge in [0.2, 0.25) is 0 Å². The van der Waals surface area contributed by atoms with Crippen molar-refractivity contribution in [2.24, 2.45) is 5.92 Å². The van der Waals surface area contributed by atoms with Crippen molar-refractivity contribution in [2.45, 2.75) is 40.6 Å². The Kier molecular flexibility index (Phi) is 5.15. The molecule has 0 N–H and O–H groups in total. The molecular weight excluding hydrogens is 470 g/mol. The Hall–Kier alpha value is -1.38. The molecule has 0 fully saturated rings. The van der Waals surface area contributed by atoms with Crippen LogP contribution < -0.4 is 0 Å². The minimum atomic E-state index is -3.68. The average molecular weight is 500 g/mol. The molecule has 0 spiro atoms. The van der Waals surface area contributed by atoms with E-state index >= 15 is 4.39 Å². The third-order valence-corrected chi connectivity index (χ3v) is 24.9. The van der Waals surface area contributed by atoms with Gasteiger partial charge >= 0.3 is 182 Å². The first-order valence-electron chi connectivity index (χ1n) is 10.7. The second kappa shape index (κ2) is 7.07. The first kappa shape index (κ1) is 21.8.